The normalized spacial score (nSPS) is 17.3. The van der Waals surface area contributed by atoms with E-state index in [2.05, 4.69) is 5.32 Å². The molecule has 0 aliphatic carbocycles. The van der Waals surface area contributed by atoms with Crippen LogP contribution in [-0.2, 0) is 9.59 Å². The fourth-order valence-corrected chi connectivity index (χ4v) is 1.55. The zero-order chi connectivity index (χ0) is 12.4. The minimum Gasteiger partial charge on any atom is -0.292 e. The maximum atomic E-state index is 11.3. The number of nitrogens with one attached hydrogen (secondary N) is 1. The van der Waals surface area contributed by atoms with Crippen molar-refractivity contribution < 1.29 is 14.5 Å². The topological polar surface area (TPSA) is 89.3 Å². The van der Waals surface area contributed by atoms with E-state index >= 15 is 0 Å². The van der Waals surface area contributed by atoms with Crippen LogP contribution in [0.3, 0.4) is 0 Å². The van der Waals surface area contributed by atoms with E-state index in [0.717, 1.165) is 0 Å². The van der Waals surface area contributed by atoms with Crippen LogP contribution in [0.2, 0.25) is 0 Å². The summed E-state index contributed by atoms with van der Waals surface area (Å²) in [6, 6.07) is 5.88. The summed E-state index contributed by atoms with van der Waals surface area (Å²) < 4.78 is 0. The number of imide groups is 1. The quantitative estimate of drug-likeness (QED) is 0.357. The van der Waals surface area contributed by atoms with E-state index in [0.29, 0.717) is 11.1 Å². The van der Waals surface area contributed by atoms with Gasteiger partial charge in [0.25, 0.3) is 11.6 Å². The van der Waals surface area contributed by atoms with E-state index in [1.54, 1.807) is 6.07 Å². The van der Waals surface area contributed by atoms with Crippen LogP contribution in [0.1, 0.15) is 12.0 Å². The number of nitro groups is 1. The number of amides is 2. The Kier molecular flexibility index (Phi) is 2.70. The fourth-order valence-electron chi connectivity index (χ4n) is 1.55. The molecule has 86 valence electrons. The molecule has 0 spiro atoms. The van der Waals surface area contributed by atoms with Crippen molar-refractivity contribution in [3.8, 4) is 0 Å². The first kappa shape index (κ1) is 11.0. The van der Waals surface area contributed by atoms with Crippen molar-refractivity contribution in [2.75, 3.05) is 0 Å². The first-order chi connectivity index (χ1) is 8.06. The largest absolute Gasteiger partial charge is 0.292 e. The van der Waals surface area contributed by atoms with Crippen molar-refractivity contribution >= 4 is 23.6 Å². The van der Waals surface area contributed by atoms with Crippen LogP contribution in [0.25, 0.3) is 6.08 Å². The minimum absolute atomic E-state index is 0.0154. The number of benzene rings is 1. The summed E-state index contributed by atoms with van der Waals surface area (Å²) in [5.74, 6) is -0.798. The third-order valence-corrected chi connectivity index (χ3v) is 2.32. The van der Waals surface area contributed by atoms with Gasteiger partial charge in [-0.05, 0) is 11.6 Å². The Bertz CT molecular complexity index is 548. The summed E-state index contributed by atoms with van der Waals surface area (Å²) in [6.45, 7) is 0. The molecule has 1 aliphatic rings. The lowest BCUT2D eigenvalue weighted by Gasteiger charge is -1.95. The summed E-state index contributed by atoms with van der Waals surface area (Å²) in [7, 11) is 0. The van der Waals surface area contributed by atoms with Crippen LogP contribution < -0.4 is 5.32 Å². The summed E-state index contributed by atoms with van der Waals surface area (Å²) in [5, 5.41) is 12.7. The molecule has 0 aromatic heterocycles. The summed E-state index contributed by atoms with van der Waals surface area (Å²) in [6.07, 6.45) is 1.49. The fraction of sp³-hybridized carbons (Fsp3) is 0.0909. The highest BCUT2D eigenvalue weighted by Gasteiger charge is 2.23. The molecule has 17 heavy (non-hydrogen) atoms. The van der Waals surface area contributed by atoms with Crippen molar-refractivity contribution in [1.29, 1.82) is 0 Å². The van der Waals surface area contributed by atoms with Crippen LogP contribution in [0.4, 0.5) is 5.69 Å². The number of nitro benzene ring substituents is 1. The SMILES string of the molecule is O=C1CC(=Cc2cccc([N+](=O)[O-])c2)C(=O)N1. The summed E-state index contributed by atoms with van der Waals surface area (Å²) in [4.78, 5) is 32.3. The van der Waals surface area contributed by atoms with Gasteiger partial charge in [0.2, 0.25) is 5.91 Å². The van der Waals surface area contributed by atoms with Crippen molar-refractivity contribution in [2.45, 2.75) is 6.42 Å². The molecule has 1 heterocycles. The van der Waals surface area contributed by atoms with Gasteiger partial charge in [-0.25, -0.2) is 0 Å². The zero-order valence-corrected chi connectivity index (χ0v) is 8.67. The van der Waals surface area contributed by atoms with Gasteiger partial charge in [0.1, 0.15) is 0 Å². The lowest BCUT2D eigenvalue weighted by atomic mass is 10.1. The number of hydrogen-bond acceptors (Lipinski definition) is 4. The average molecular weight is 232 g/mol. The van der Waals surface area contributed by atoms with Gasteiger partial charge in [-0.3, -0.25) is 25.0 Å². The molecule has 1 aromatic carbocycles. The highest BCUT2D eigenvalue weighted by Crippen LogP contribution is 2.18. The Balaban J connectivity index is 2.33. The van der Waals surface area contributed by atoms with Crippen molar-refractivity contribution in [2.24, 2.45) is 0 Å². The highest BCUT2D eigenvalue weighted by atomic mass is 16.6. The van der Waals surface area contributed by atoms with Gasteiger partial charge in [0.15, 0.2) is 0 Å². The van der Waals surface area contributed by atoms with Crippen LogP contribution in [0.5, 0.6) is 0 Å². The second kappa shape index (κ2) is 4.17. The Hall–Kier alpha value is -2.50. The second-order valence-electron chi connectivity index (χ2n) is 3.58. The van der Waals surface area contributed by atoms with E-state index in [-0.39, 0.29) is 18.0 Å². The van der Waals surface area contributed by atoms with E-state index in [9.17, 15) is 19.7 Å². The lowest BCUT2D eigenvalue weighted by Crippen LogP contribution is -2.19. The van der Waals surface area contributed by atoms with Gasteiger partial charge in [0.05, 0.1) is 11.3 Å². The molecule has 0 saturated carbocycles. The average Bonchev–Trinajstić information content (AvgIpc) is 2.58. The summed E-state index contributed by atoms with van der Waals surface area (Å²) in [5.41, 5.74) is 0.790. The van der Waals surface area contributed by atoms with Gasteiger partial charge in [-0.2, -0.15) is 0 Å². The number of nitrogens with zero attached hydrogens (tertiary/aromatic N) is 1. The first-order valence-electron chi connectivity index (χ1n) is 4.85. The molecule has 1 aliphatic heterocycles. The van der Waals surface area contributed by atoms with Crippen molar-refractivity contribution in [1.82, 2.24) is 5.32 Å². The number of rotatable bonds is 2. The molecule has 6 nitrogen and oxygen atoms in total. The highest BCUT2D eigenvalue weighted by molar-refractivity contribution is 6.15. The number of hydrogen-bond donors (Lipinski definition) is 1. The Morgan fingerprint density at radius 2 is 2.12 bits per heavy atom. The van der Waals surface area contributed by atoms with Crippen LogP contribution in [-0.4, -0.2) is 16.7 Å². The van der Waals surface area contributed by atoms with E-state index < -0.39 is 10.8 Å². The molecular weight excluding hydrogens is 224 g/mol. The Morgan fingerprint density at radius 1 is 1.35 bits per heavy atom. The molecule has 1 N–H and O–H groups in total. The maximum Gasteiger partial charge on any atom is 0.270 e. The van der Waals surface area contributed by atoms with Crippen LogP contribution in [0, 0.1) is 10.1 Å². The second-order valence-corrected chi connectivity index (χ2v) is 3.58. The third kappa shape index (κ3) is 2.36. The molecule has 6 heteroatoms. The van der Waals surface area contributed by atoms with E-state index in [1.807, 2.05) is 0 Å². The van der Waals surface area contributed by atoms with Gasteiger partial charge in [-0.1, -0.05) is 12.1 Å². The molecule has 2 rings (SSSR count). The summed E-state index contributed by atoms with van der Waals surface area (Å²) >= 11 is 0. The zero-order valence-electron chi connectivity index (χ0n) is 8.67. The molecule has 1 aromatic rings. The molecule has 0 atom stereocenters. The number of carbonyl (C=O) groups excluding carboxylic acids is 2. The smallest absolute Gasteiger partial charge is 0.270 e. The Morgan fingerprint density at radius 3 is 2.71 bits per heavy atom. The Labute approximate surface area is 96.1 Å². The lowest BCUT2D eigenvalue weighted by molar-refractivity contribution is -0.384. The predicted octanol–water partition coefficient (Wildman–Crippen LogP) is 1.02. The van der Waals surface area contributed by atoms with Crippen molar-refractivity contribution in [3.63, 3.8) is 0 Å². The minimum atomic E-state index is -0.512. The van der Waals surface area contributed by atoms with Gasteiger partial charge in [-0.15, -0.1) is 0 Å². The molecule has 0 bridgehead atoms. The standard InChI is InChI=1S/C11H8N2O4/c14-10-6-8(11(15)12-10)4-7-2-1-3-9(5-7)13(16)17/h1-5H,6H2,(H,12,14,15). The van der Waals surface area contributed by atoms with Gasteiger partial charge < -0.3 is 0 Å². The first-order valence-corrected chi connectivity index (χ1v) is 4.85. The van der Waals surface area contributed by atoms with E-state index in [4.69, 9.17) is 0 Å². The molecule has 1 saturated heterocycles. The monoisotopic (exact) mass is 232 g/mol. The van der Waals surface area contributed by atoms with E-state index in [1.165, 1.54) is 24.3 Å². The molecule has 0 radical (unpaired) electrons. The predicted molar refractivity (Wildman–Crippen MR) is 58.8 cm³/mol. The number of non-ortho nitro benzene ring substituents is 1. The van der Waals surface area contributed by atoms with Gasteiger partial charge >= 0.3 is 0 Å². The number of carbonyl (C=O) groups is 2. The van der Waals surface area contributed by atoms with Crippen LogP contribution in [0.15, 0.2) is 29.8 Å². The maximum absolute atomic E-state index is 11.3. The third-order valence-electron chi connectivity index (χ3n) is 2.32. The van der Waals surface area contributed by atoms with Crippen LogP contribution >= 0.6 is 0 Å². The van der Waals surface area contributed by atoms with Crippen molar-refractivity contribution in [3.05, 3.63) is 45.5 Å². The molecule has 0 unspecified atom stereocenters. The molecule has 2 amide bonds. The molecule has 1 fully saturated rings. The molecular formula is C11H8N2O4. The van der Waals surface area contributed by atoms with Gasteiger partial charge in [0, 0.05) is 17.7 Å².